The number of rotatable bonds is 8. The Kier molecular flexibility index (Phi) is 6.29. The van der Waals surface area contributed by atoms with Crippen molar-refractivity contribution in [1.82, 2.24) is 0 Å². The van der Waals surface area contributed by atoms with Gasteiger partial charge in [-0.2, -0.15) is 0 Å². The summed E-state index contributed by atoms with van der Waals surface area (Å²) < 4.78 is 26.7. The second-order valence-corrected chi connectivity index (χ2v) is 6.78. The van der Waals surface area contributed by atoms with Gasteiger partial charge >= 0.3 is 5.97 Å². The number of hydrogen-bond donors (Lipinski definition) is 0. The van der Waals surface area contributed by atoms with Crippen molar-refractivity contribution < 1.29 is 28.5 Å². The average molecular weight is 386 g/mol. The number of benzene rings is 2. The highest BCUT2D eigenvalue weighted by atomic mass is 16.5. The molecule has 0 saturated carbocycles. The smallest absolute Gasteiger partial charge is 0.309 e. The zero-order valence-electron chi connectivity index (χ0n) is 16.7. The van der Waals surface area contributed by atoms with Gasteiger partial charge in [0.2, 0.25) is 0 Å². The number of carbonyl (C=O) groups excluding carboxylic acids is 1. The van der Waals surface area contributed by atoms with Crippen LogP contribution in [0.5, 0.6) is 23.0 Å². The van der Waals surface area contributed by atoms with Crippen molar-refractivity contribution in [2.45, 2.75) is 12.8 Å². The van der Waals surface area contributed by atoms with Crippen molar-refractivity contribution in [2.24, 2.45) is 11.8 Å². The van der Waals surface area contributed by atoms with E-state index in [0.29, 0.717) is 36.0 Å². The van der Waals surface area contributed by atoms with Crippen LogP contribution in [-0.4, -0.2) is 41.0 Å². The number of hydrogen-bond acceptors (Lipinski definition) is 6. The molecule has 0 amide bonds. The van der Waals surface area contributed by atoms with Crippen LogP contribution in [0.4, 0.5) is 0 Å². The van der Waals surface area contributed by atoms with Crippen molar-refractivity contribution in [1.29, 1.82) is 0 Å². The van der Waals surface area contributed by atoms with Crippen LogP contribution in [0.25, 0.3) is 0 Å². The van der Waals surface area contributed by atoms with E-state index < -0.39 is 0 Å². The molecule has 0 bridgehead atoms. The lowest BCUT2D eigenvalue weighted by molar-refractivity contribution is -0.141. The lowest BCUT2D eigenvalue weighted by atomic mass is 9.85. The summed E-state index contributed by atoms with van der Waals surface area (Å²) in [4.78, 5) is 12.4. The van der Waals surface area contributed by atoms with E-state index in [2.05, 4.69) is 0 Å². The van der Waals surface area contributed by atoms with Crippen LogP contribution in [0.3, 0.4) is 0 Å². The number of esters is 1. The minimum atomic E-state index is -0.203. The fourth-order valence-corrected chi connectivity index (χ4v) is 3.63. The summed E-state index contributed by atoms with van der Waals surface area (Å²) in [5.74, 6) is 2.43. The second kappa shape index (κ2) is 8.87. The van der Waals surface area contributed by atoms with E-state index in [1.807, 2.05) is 36.4 Å². The summed E-state index contributed by atoms with van der Waals surface area (Å²) in [6.45, 7) is 0.422. The molecule has 150 valence electrons. The topological polar surface area (TPSA) is 63.2 Å². The van der Waals surface area contributed by atoms with Crippen molar-refractivity contribution in [3.8, 4) is 23.0 Å². The number of ether oxygens (including phenoxy) is 5. The summed E-state index contributed by atoms with van der Waals surface area (Å²) in [5, 5.41) is 0. The molecule has 0 N–H and O–H groups in total. The molecule has 2 aromatic carbocycles. The second-order valence-electron chi connectivity index (χ2n) is 6.78. The first-order chi connectivity index (χ1) is 13.6. The molecule has 6 heteroatoms. The molecular weight excluding hydrogens is 360 g/mol. The minimum absolute atomic E-state index is 0.0960. The fraction of sp³-hybridized carbons (Fsp3) is 0.409. The molecule has 2 atom stereocenters. The zero-order chi connectivity index (χ0) is 20.1. The Balaban J connectivity index is 1.76. The van der Waals surface area contributed by atoms with Gasteiger partial charge in [-0.3, -0.25) is 4.79 Å². The molecule has 1 aliphatic rings. The van der Waals surface area contributed by atoms with Crippen LogP contribution in [0, 0.1) is 11.8 Å². The average Bonchev–Trinajstić information content (AvgIpc) is 3.06. The number of cyclic esters (lactones) is 1. The van der Waals surface area contributed by atoms with Gasteiger partial charge in [-0.05, 0) is 48.2 Å². The van der Waals surface area contributed by atoms with E-state index in [4.69, 9.17) is 23.7 Å². The Morgan fingerprint density at radius 1 is 0.786 bits per heavy atom. The Labute approximate surface area is 165 Å². The van der Waals surface area contributed by atoms with E-state index in [0.717, 1.165) is 17.5 Å². The summed E-state index contributed by atoms with van der Waals surface area (Å²) in [6, 6.07) is 11.6. The number of methoxy groups -OCH3 is 4. The van der Waals surface area contributed by atoms with Gasteiger partial charge in [-0.1, -0.05) is 12.1 Å². The maximum absolute atomic E-state index is 12.4. The van der Waals surface area contributed by atoms with Crippen LogP contribution in [0.2, 0.25) is 0 Å². The normalized spacial score (nSPS) is 18.5. The van der Waals surface area contributed by atoms with Crippen molar-refractivity contribution in [2.75, 3.05) is 35.0 Å². The van der Waals surface area contributed by atoms with Gasteiger partial charge in [0.1, 0.15) is 0 Å². The minimum Gasteiger partial charge on any atom is -0.493 e. The molecule has 0 spiro atoms. The summed E-state index contributed by atoms with van der Waals surface area (Å²) in [6.07, 6.45) is 1.32. The van der Waals surface area contributed by atoms with Crippen LogP contribution in [-0.2, 0) is 22.4 Å². The zero-order valence-corrected chi connectivity index (χ0v) is 16.7. The van der Waals surface area contributed by atoms with E-state index in [9.17, 15) is 4.79 Å². The SMILES string of the molecule is COc1ccc(C[C@H]2COC(=O)[C@@H]2Cc2ccc(OC)c(OC)c2)cc1OC. The Bertz CT molecular complexity index is 832. The van der Waals surface area contributed by atoms with Crippen molar-refractivity contribution in [3.63, 3.8) is 0 Å². The monoisotopic (exact) mass is 386 g/mol. The Morgan fingerprint density at radius 3 is 1.79 bits per heavy atom. The van der Waals surface area contributed by atoms with E-state index in [1.165, 1.54) is 0 Å². The molecule has 0 aliphatic carbocycles. The predicted octanol–water partition coefficient (Wildman–Crippen LogP) is 3.30. The molecule has 1 fully saturated rings. The number of carbonyl (C=O) groups is 1. The third-order valence-corrected chi connectivity index (χ3v) is 5.16. The van der Waals surface area contributed by atoms with Gasteiger partial charge in [-0.25, -0.2) is 0 Å². The predicted molar refractivity (Wildman–Crippen MR) is 104 cm³/mol. The van der Waals surface area contributed by atoms with Gasteiger partial charge in [0, 0.05) is 5.92 Å². The highest BCUT2D eigenvalue weighted by Gasteiger charge is 2.37. The van der Waals surface area contributed by atoms with Gasteiger partial charge in [0.25, 0.3) is 0 Å². The summed E-state index contributed by atoms with van der Waals surface area (Å²) >= 11 is 0. The van der Waals surface area contributed by atoms with Crippen molar-refractivity contribution >= 4 is 5.97 Å². The molecule has 1 saturated heterocycles. The van der Waals surface area contributed by atoms with Crippen LogP contribution in [0.1, 0.15) is 11.1 Å². The van der Waals surface area contributed by atoms with Crippen molar-refractivity contribution in [3.05, 3.63) is 47.5 Å². The van der Waals surface area contributed by atoms with Crippen LogP contribution < -0.4 is 18.9 Å². The molecule has 2 aromatic rings. The first kappa shape index (κ1) is 19.9. The molecule has 0 unspecified atom stereocenters. The van der Waals surface area contributed by atoms with Gasteiger partial charge in [0.05, 0.1) is 41.0 Å². The third kappa shape index (κ3) is 4.16. The quantitative estimate of drug-likeness (QED) is 0.649. The van der Waals surface area contributed by atoms with Crippen LogP contribution >= 0.6 is 0 Å². The van der Waals surface area contributed by atoms with E-state index in [-0.39, 0.29) is 17.8 Å². The Morgan fingerprint density at radius 2 is 1.29 bits per heavy atom. The van der Waals surface area contributed by atoms with Crippen LogP contribution in [0.15, 0.2) is 36.4 Å². The maximum atomic E-state index is 12.4. The first-order valence-electron chi connectivity index (χ1n) is 9.18. The summed E-state index contributed by atoms with van der Waals surface area (Å²) in [7, 11) is 6.43. The lowest BCUT2D eigenvalue weighted by Gasteiger charge is -2.17. The maximum Gasteiger partial charge on any atom is 0.309 e. The highest BCUT2D eigenvalue weighted by molar-refractivity contribution is 5.75. The van der Waals surface area contributed by atoms with E-state index in [1.54, 1.807) is 28.4 Å². The molecule has 0 radical (unpaired) electrons. The molecule has 0 aromatic heterocycles. The Hall–Kier alpha value is -2.89. The molecule has 28 heavy (non-hydrogen) atoms. The van der Waals surface area contributed by atoms with Gasteiger partial charge < -0.3 is 23.7 Å². The standard InChI is InChI=1S/C22H26O6/c1-24-18-7-5-14(11-20(18)26-3)9-16-13-28-22(23)17(16)10-15-6-8-19(25-2)21(12-15)27-4/h5-8,11-12,16-17H,9-10,13H2,1-4H3/t16-,17+/m0/s1. The molecule has 6 nitrogen and oxygen atoms in total. The first-order valence-corrected chi connectivity index (χ1v) is 9.18. The third-order valence-electron chi connectivity index (χ3n) is 5.16. The molecule has 1 aliphatic heterocycles. The lowest BCUT2D eigenvalue weighted by Crippen LogP contribution is -2.20. The fourth-order valence-electron chi connectivity index (χ4n) is 3.63. The molecular formula is C22H26O6. The molecule has 1 heterocycles. The molecule has 3 rings (SSSR count). The van der Waals surface area contributed by atoms with Gasteiger partial charge in [0.15, 0.2) is 23.0 Å². The van der Waals surface area contributed by atoms with E-state index >= 15 is 0 Å². The summed E-state index contributed by atoms with van der Waals surface area (Å²) in [5.41, 5.74) is 2.09. The largest absolute Gasteiger partial charge is 0.493 e. The van der Waals surface area contributed by atoms with Gasteiger partial charge in [-0.15, -0.1) is 0 Å². The highest BCUT2D eigenvalue weighted by Crippen LogP contribution is 2.34.